The predicted octanol–water partition coefficient (Wildman–Crippen LogP) is 4.79. The molecule has 4 rings (SSSR count). The average molecular weight is 464 g/mol. The van der Waals surface area contributed by atoms with Gasteiger partial charge in [0.05, 0.1) is 22.1 Å². The van der Waals surface area contributed by atoms with Gasteiger partial charge in [0.2, 0.25) is 10.0 Å². The van der Waals surface area contributed by atoms with Gasteiger partial charge in [-0.05, 0) is 60.9 Å². The maximum Gasteiger partial charge on any atom is 0.258 e. The lowest BCUT2D eigenvalue weighted by molar-refractivity contribution is 0.102. The summed E-state index contributed by atoms with van der Waals surface area (Å²) in [5.74, 6) is -1.32. The highest BCUT2D eigenvalue weighted by molar-refractivity contribution is 7.89. The topological polar surface area (TPSA) is 90.3 Å². The zero-order valence-corrected chi connectivity index (χ0v) is 18.6. The molecule has 0 radical (unpaired) electrons. The van der Waals surface area contributed by atoms with Crippen LogP contribution in [0.25, 0.3) is 11.1 Å². The second-order valence-electron chi connectivity index (χ2n) is 7.80. The van der Waals surface area contributed by atoms with Crippen LogP contribution in [0.15, 0.2) is 71.6 Å². The summed E-state index contributed by atoms with van der Waals surface area (Å²) in [4.78, 5) is 12.9. The molecule has 6 nitrogen and oxygen atoms in total. The summed E-state index contributed by atoms with van der Waals surface area (Å²) < 4.78 is 42.1. The third kappa shape index (κ3) is 4.80. The van der Waals surface area contributed by atoms with E-state index in [1.165, 1.54) is 34.6 Å². The number of anilines is 1. The van der Waals surface area contributed by atoms with E-state index < -0.39 is 21.7 Å². The van der Waals surface area contributed by atoms with E-state index in [9.17, 15) is 13.2 Å². The first-order chi connectivity index (χ1) is 15.9. The molecule has 0 unspecified atom stereocenters. The van der Waals surface area contributed by atoms with Crippen LogP contribution in [0.1, 0.15) is 35.2 Å². The molecule has 3 aromatic rings. The fourth-order valence-electron chi connectivity index (χ4n) is 3.82. The number of piperidine rings is 1. The minimum Gasteiger partial charge on any atom is -0.322 e. The van der Waals surface area contributed by atoms with Crippen molar-refractivity contribution in [1.29, 1.82) is 5.26 Å². The number of sulfonamides is 1. The molecule has 1 saturated heterocycles. The zero-order chi connectivity index (χ0) is 23.4. The maximum atomic E-state index is 15.1. The summed E-state index contributed by atoms with van der Waals surface area (Å²) in [6.45, 7) is 1.02. The van der Waals surface area contributed by atoms with Gasteiger partial charge in [-0.15, -0.1) is 0 Å². The standard InChI is InChI=1S/C25H22FN3O3S/c26-24-22(19-9-7-18(17-27)8-10-19)5-4-6-23(24)25(30)28-20-11-13-21(14-12-20)33(31,32)29-15-2-1-3-16-29/h4-14H,1-3,15-16H2,(H,28,30). The Morgan fingerprint density at radius 1 is 0.939 bits per heavy atom. The molecule has 1 aliphatic rings. The van der Waals surface area contributed by atoms with E-state index in [2.05, 4.69) is 5.32 Å². The number of nitriles is 1. The Hall–Kier alpha value is -3.54. The van der Waals surface area contributed by atoms with Gasteiger partial charge in [0, 0.05) is 24.3 Å². The quantitative estimate of drug-likeness (QED) is 0.589. The van der Waals surface area contributed by atoms with Gasteiger partial charge in [0.1, 0.15) is 5.82 Å². The molecule has 33 heavy (non-hydrogen) atoms. The molecule has 1 amide bonds. The van der Waals surface area contributed by atoms with Gasteiger partial charge in [-0.1, -0.05) is 30.7 Å². The normalized spacial score (nSPS) is 14.4. The highest BCUT2D eigenvalue weighted by Crippen LogP contribution is 2.27. The zero-order valence-electron chi connectivity index (χ0n) is 17.8. The van der Waals surface area contributed by atoms with Crippen LogP contribution in [0.4, 0.5) is 10.1 Å². The molecule has 1 aliphatic heterocycles. The second-order valence-corrected chi connectivity index (χ2v) is 9.74. The number of nitrogens with zero attached hydrogens (tertiary/aromatic N) is 2. The van der Waals surface area contributed by atoms with Crippen molar-refractivity contribution in [3.8, 4) is 17.2 Å². The van der Waals surface area contributed by atoms with E-state index in [0.29, 0.717) is 29.9 Å². The van der Waals surface area contributed by atoms with Crippen LogP contribution in [0.3, 0.4) is 0 Å². The number of halogens is 1. The fourth-order valence-corrected chi connectivity index (χ4v) is 5.33. The number of nitrogens with one attached hydrogen (secondary N) is 1. The first kappa shape index (κ1) is 22.6. The lowest BCUT2D eigenvalue weighted by atomic mass is 10.0. The van der Waals surface area contributed by atoms with Gasteiger partial charge in [-0.2, -0.15) is 9.57 Å². The van der Waals surface area contributed by atoms with Gasteiger partial charge in [-0.25, -0.2) is 12.8 Å². The Kier molecular flexibility index (Phi) is 6.54. The smallest absolute Gasteiger partial charge is 0.258 e. The van der Waals surface area contributed by atoms with Gasteiger partial charge in [-0.3, -0.25) is 4.79 Å². The van der Waals surface area contributed by atoms with Crippen LogP contribution in [0, 0.1) is 17.1 Å². The van der Waals surface area contributed by atoms with Crippen LogP contribution in [-0.4, -0.2) is 31.7 Å². The van der Waals surface area contributed by atoms with Crippen LogP contribution in [0.5, 0.6) is 0 Å². The van der Waals surface area contributed by atoms with Gasteiger partial charge in [0.15, 0.2) is 0 Å². The Bertz CT molecular complexity index is 1310. The molecule has 1 heterocycles. The molecule has 0 saturated carbocycles. The summed E-state index contributed by atoms with van der Waals surface area (Å²) in [5, 5.41) is 11.5. The van der Waals surface area contributed by atoms with Crippen molar-refractivity contribution in [2.75, 3.05) is 18.4 Å². The number of hydrogen-bond donors (Lipinski definition) is 1. The van der Waals surface area contributed by atoms with Crippen molar-refractivity contribution < 1.29 is 17.6 Å². The average Bonchev–Trinajstić information content (AvgIpc) is 2.85. The molecule has 1 N–H and O–H groups in total. The van der Waals surface area contributed by atoms with E-state index in [4.69, 9.17) is 5.26 Å². The number of carbonyl (C=O) groups is 1. The lowest BCUT2D eigenvalue weighted by Crippen LogP contribution is -2.35. The third-order valence-corrected chi connectivity index (χ3v) is 7.55. The molecule has 0 spiro atoms. The van der Waals surface area contributed by atoms with Crippen molar-refractivity contribution in [2.24, 2.45) is 0 Å². The van der Waals surface area contributed by atoms with E-state index in [1.54, 1.807) is 36.4 Å². The van der Waals surface area contributed by atoms with Crippen molar-refractivity contribution in [1.82, 2.24) is 4.31 Å². The number of amides is 1. The monoisotopic (exact) mass is 463 g/mol. The Morgan fingerprint density at radius 2 is 1.61 bits per heavy atom. The van der Waals surface area contributed by atoms with Gasteiger partial charge < -0.3 is 5.32 Å². The first-order valence-corrected chi connectivity index (χ1v) is 12.0. The van der Waals surface area contributed by atoms with Crippen molar-refractivity contribution in [3.05, 3.63) is 83.7 Å². The first-order valence-electron chi connectivity index (χ1n) is 10.6. The van der Waals surface area contributed by atoms with Crippen molar-refractivity contribution >= 4 is 21.6 Å². The molecule has 8 heteroatoms. The Labute approximate surface area is 192 Å². The summed E-state index contributed by atoms with van der Waals surface area (Å²) >= 11 is 0. The Balaban J connectivity index is 1.52. The molecule has 0 bridgehead atoms. The molecule has 0 aromatic heterocycles. The third-order valence-electron chi connectivity index (χ3n) is 5.63. The molecular formula is C25H22FN3O3S. The molecule has 0 aliphatic carbocycles. The molecule has 168 valence electrons. The highest BCUT2D eigenvalue weighted by atomic mass is 32.2. The van der Waals surface area contributed by atoms with Crippen molar-refractivity contribution in [2.45, 2.75) is 24.2 Å². The van der Waals surface area contributed by atoms with E-state index in [0.717, 1.165) is 19.3 Å². The second kappa shape index (κ2) is 9.53. The van der Waals surface area contributed by atoms with Crippen LogP contribution >= 0.6 is 0 Å². The van der Waals surface area contributed by atoms with E-state index >= 15 is 4.39 Å². The number of hydrogen-bond acceptors (Lipinski definition) is 4. The number of benzene rings is 3. The largest absolute Gasteiger partial charge is 0.322 e. The van der Waals surface area contributed by atoms with Crippen molar-refractivity contribution in [3.63, 3.8) is 0 Å². The summed E-state index contributed by atoms with van der Waals surface area (Å²) in [5.41, 5.74) is 1.48. The minimum absolute atomic E-state index is 0.137. The fraction of sp³-hybridized carbons (Fsp3) is 0.200. The van der Waals surface area contributed by atoms with Crippen LogP contribution < -0.4 is 5.32 Å². The maximum absolute atomic E-state index is 15.1. The van der Waals surface area contributed by atoms with Crippen LogP contribution in [-0.2, 0) is 10.0 Å². The summed E-state index contributed by atoms with van der Waals surface area (Å²) in [7, 11) is -3.57. The SMILES string of the molecule is N#Cc1ccc(-c2cccc(C(=O)Nc3ccc(S(=O)(=O)N4CCCCC4)cc3)c2F)cc1. The Morgan fingerprint density at radius 3 is 2.24 bits per heavy atom. The van der Waals surface area contributed by atoms with Gasteiger partial charge in [0.25, 0.3) is 5.91 Å². The van der Waals surface area contributed by atoms with Gasteiger partial charge >= 0.3 is 0 Å². The molecule has 0 atom stereocenters. The summed E-state index contributed by atoms with van der Waals surface area (Å²) in [6, 6.07) is 18.8. The van der Waals surface area contributed by atoms with E-state index in [1.807, 2.05) is 6.07 Å². The van der Waals surface area contributed by atoms with Crippen LogP contribution in [0.2, 0.25) is 0 Å². The molecule has 3 aromatic carbocycles. The molecule has 1 fully saturated rings. The highest BCUT2D eigenvalue weighted by Gasteiger charge is 2.26. The number of rotatable bonds is 5. The molecular weight excluding hydrogens is 441 g/mol. The minimum atomic E-state index is -3.57. The summed E-state index contributed by atoms with van der Waals surface area (Å²) in [6.07, 6.45) is 2.72. The number of carbonyl (C=O) groups excluding carboxylic acids is 1. The predicted molar refractivity (Wildman–Crippen MR) is 124 cm³/mol. The lowest BCUT2D eigenvalue weighted by Gasteiger charge is -2.25. The van der Waals surface area contributed by atoms with E-state index in [-0.39, 0.29) is 16.0 Å².